The molecule has 0 atom stereocenters. The van der Waals surface area contributed by atoms with Crippen LogP contribution in [0.1, 0.15) is 0 Å². The molecule has 6 nitrogen and oxygen atoms in total. The number of methoxy groups -OCH3 is 1. The maximum absolute atomic E-state index is 13.3. The number of nitrogens with zero attached hydrogens (tertiary/aromatic N) is 3. The van der Waals surface area contributed by atoms with E-state index < -0.39 is 0 Å². The number of benzene rings is 2. The highest BCUT2D eigenvalue weighted by Crippen LogP contribution is 2.37. The zero-order valence-electron chi connectivity index (χ0n) is 15.1. The van der Waals surface area contributed by atoms with Gasteiger partial charge in [-0.25, -0.2) is 9.37 Å². The number of anilines is 2. The van der Waals surface area contributed by atoms with Gasteiger partial charge in [0.25, 0.3) is 0 Å². The molecule has 0 spiro atoms. The number of hydrogen-bond donors (Lipinski definition) is 2. The van der Waals surface area contributed by atoms with Crippen LogP contribution in [0.5, 0.6) is 5.75 Å². The van der Waals surface area contributed by atoms with Crippen LogP contribution in [-0.2, 0) is 0 Å². The first-order chi connectivity index (χ1) is 13.6. The molecule has 0 aliphatic heterocycles. The molecule has 0 saturated heterocycles. The number of nitrogens with two attached hydrogens (primary N) is 2. The summed E-state index contributed by atoms with van der Waals surface area (Å²) in [6.45, 7) is 0. The van der Waals surface area contributed by atoms with E-state index in [4.69, 9.17) is 16.2 Å². The highest BCUT2D eigenvalue weighted by Gasteiger charge is 2.15. The summed E-state index contributed by atoms with van der Waals surface area (Å²) in [6.07, 6.45) is 5.20. The quantitative estimate of drug-likeness (QED) is 0.528. The molecule has 4 aromatic rings. The van der Waals surface area contributed by atoms with Crippen LogP contribution in [-0.4, -0.2) is 21.6 Å². The van der Waals surface area contributed by atoms with Crippen molar-refractivity contribution in [2.75, 3.05) is 18.6 Å². The molecule has 140 valence electrons. The van der Waals surface area contributed by atoms with Crippen molar-refractivity contribution in [3.05, 3.63) is 72.9 Å². The summed E-state index contributed by atoms with van der Waals surface area (Å²) >= 11 is 0. The van der Waals surface area contributed by atoms with E-state index in [1.54, 1.807) is 43.8 Å². The zero-order valence-corrected chi connectivity index (χ0v) is 15.1. The Morgan fingerprint density at radius 1 is 0.964 bits per heavy atom. The van der Waals surface area contributed by atoms with Crippen molar-refractivity contribution in [1.29, 1.82) is 0 Å². The van der Waals surface area contributed by atoms with Crippen molar-refractivity contribution in [2.24, 2.45) is 0 Å². The monoisotopic (exact) mass is 375 g/mol. The van der Waals surface area contributed by atoms with Gasteiger partial charge in [-0.15, -0.1) is 0 Å². The fraction of sp³-hybridized carbons (Fsp3) is 0.0476. The summed E-state index contributed by atoms with van der Waals surface area (Å²) in [6, 6.07) is 13.4. The minimum atomic E-state index is -0.294. The lowest BCUT2D eigenvalue weighted by atomic mass is 10.1. The second-order valence-electron chi connectivity index (χ2n) is 6.17. The molecule has 2 aromatic heterocycles. The second kappa shape index (κ2) is 7.03. The van der Waals surface area contributed by atoms with Crippen molar-refractivity contribution < 1.29 is 9.13 Å². The highest BCUT2D eigenvalue weighted by atomic mass is 19.1. The number of aromatic nitrogens is 3. The second-order valence-corrected chi connectivity index (χ2v) is 6.17. The molecule has 28 heavy (non-hydrogen) atoms. The lowest BCUT2D eigenvalue weighted by Crippen LogP contribution is -2.02. The van der Waals surface area contributed by atoms with Crippen LogP contribution >= 0.6 is 0 Å². The van der Waals surface area contributed by atoms with Crippen LogP contribution in [0.3, 0.4) is 0 Å². The van der Waals surface area contributed by atoms with E-state index in [1.165, 1.54) is 12.1 Å². The number of nitrogen functional groups attached to an aromatic ring is 2. The van der Waals surface area contributed by atoms with E-state index in [0.717, 1.165) is 11.3 Å². The van der Waals surface area contributed by atoms with Crippen molar-refractivity contribution >= 4 is 11.4 Å². The van der Waals surface area contributed by atoms with Gasteiger partial charge in [0.15, 0.2) is 0 Å². The fourth-order valence-corrected chi connectivity index (χ4v) is 3.11. The third-order valence-corrected chi connectivity index (χ3v) is 4.48. The Balaban J connectivity index is 1.82. The van der Waals surface area contributed by atoms with Gasteiger partial charge in [0.05, 0.1) is 24.2 Å². The van der Waals surface area contributed by atoms with Crippen LogP contribution in [0, 0.1) is 5.82 Å². The molecule has 2 heterocycles. The van der Waals surface area contributed by atoms with Gasteiger partial charge in [0, 0.05) is 35.4 Å². The average molecular weight is 375 g/mol. The number of halogens is 1. The highest BCUT2D eigenvalue weighted by molar-refractivity contribution is 5.88. The molecule has 0 unspecified atom stereocenters. The normalized spacial score (nSPS) is 10.8. The largest absolute Gasteiger partial charge is 0.495 e. The lowest BCUT2D eigenvalue weighted by Gasteiger charge is -2.14. The average Bonchev–Trinajstić information content (AvgIpc) is 3.19. The predicted octanol–water partition coefficient (Wildman–Crippen LogP) is 3.91. The molecule has 0 radical (unpaired) electrons. The number of imidazole rings is 1. The number of ether oxygens (including phenoxy) is 1. The molecule has 0 amide bonds. The molecule has 0 saturated carbocycles. The number of pyridine rings is 1. The topological polar surface area (TPSA) is 92.0 Å². The van der Waals surface area contributed by atoms with Crippen molar-refractivity contribution in [1.82, 2.24) is 14.5 Å². The summed E-state index contributed by atoms with van der Waals surface area (Å²) in [7, 11) is 1.55. The maximum atomic E-state index is 13.3. The summed E-state index contributed by atoms with van der Waals surface area (Å²) in [5.74, 6) is 0.923. The fourth-order valence-electron chi connectivity index (χ4n) is 3.11. The van der Waals surface area contributed by atoms with Crippen LogP contribution in [0.25, 0.3) is 28.3 Å². The van der Waals surface area contributed by atoms with E-state index in [0.29, 0.717) is 34.2 Å². The standard InChI is InChI=1S/C21H18FN5O/c1-28-18-7-6-16(23)19(20(18)24)17-12-15(8-9-25-17)27-11-10-26-21(27)13-2-4-14(22)5-3-13/h2-12H,23-24H2,1H3. The number of hydrogen-bond acceptors (Lipinski definition) is 5. The molecule has 2 aromatic carbocycles. The molecule has 0 bridgehead atoms. The van der Waals surface area contributed by atoms with Crippen LogP contribution in [0.15, 0.2) is 67.1 Å². The molecule has 7 heteroatoms. The molecule has 4 rings (SSSR count). The van der Waals surface area contributed by atoms with E-state index >= 15 is 0 Å². The summed E-state index contributed by atoms with van der Waals surface area (Å²) in [5, 5.41) is 0. The SMILES string of the molecule is COc1ccc(N)c(-c2cc(-n3ccnc3-c3ccc(F)cc3)ccn2)c1N. The van der Waals surface area contributed by atoms with E-state index in [-0.39, 0.29) is 5.82 Å². The Labute approximate surface area is 161 Å². The molecular weight excluding hydrogens is 357 g/mol. The predicted molar refractivity (Wildman–Crippen MR) is 108 cm³/mol. The van der Waals surface area contributed by atoms with Gasteiger partial charge in [-0.2, -0.15) is 0 Å². The van der Waals surface area contributed by atoms with Gasteiger partial charge < -0.3 is 16.2 Å². The van der Waals surface area contributed by atoms with Crippen molar-refractivity contribution in [3.63, 3.8) is 0 Å². The van der Waals surface area contributed by atoms with E-state index in [9.17, 15) is 4.39 Å². The molecule has 0 aliphatic carbocycles. The Morgan fingerprint density at radius 2 is 1.75 bits per heavy atom. The minimum Gasteiger partial charge on any atom is -0.495 e. The van der Waals surface area contributed by atoms with Gasteiger partial charge in [-0.3, -0.25) is 9.55 Å². The first-order valence-corrected chi connectivity index (χ1v) is 8.56. The third kappa shape index (κ3) is 3.03. The first kappa shape index (κ1) is 17.5. The zero-order chi connectivity index (χ0) is 19.7. The Hall–Kier alpha value is -3.87. The van der Waals surface area contributed by atoms with Crippen LogP contribution in [0.2, 0.25) is 0 Å². The Kier molecular flexibility index (Phi) is 4.41. The van der Waals surface area contributed by atoms with Gasteiger partial charge in [0.2, 0.25) is 0 Å². The first-order valence-electron chi connectivity index (χ1n) is 8.56. The summed E-state index contributed by atoms with van der Waals surface area (Å²) in [4.78, 5) is 8.84. The molecular formula is C21H18FN5O. The van der Waals surface area contributed by atoms with Crippen LogP contribution < -0.4 is 16.2 Å². The molecule has 0 fully saturated rings. The van der Waals surface area contributed by atoms with E-state index in [1.807, 2.05) is 22.9 Å². The summed E-state index contributed by atoms with van der Waals surface area (Å²) < 4.78 is 20.5. The van der Waals surface area contributed by atoms with Gasteiger partial charge >= 0.3 is 0 Å². The number of rotatable bonds is 4. The lowest BCUT2D eigenvalue weighted by molar-refractivity contribution is 0.417. The Bertz CT molecular complexity index is 1140. The van der Waals surface area contributed by atoms with Crippen LogP contribution in [0.4, 0.5) is 15.8 Å². The van der Waals surface area contributed by atoms with Gasteiger partial charge in [0.1, 0.15) is 17.4 Å². The maximum Gasteiger partial charge on any atom is 0.144 e. The van der Waals surface area contributed by atoms with Crippen molar-refractivity contribution in [3.8, 4) is 34.1 Å². The third-order valence-electron chi connectivity index (χ3n) is 4.48. The smallest absolute Gasteiger partial charge is 0.144 e. The van der Waals surface area contributed by atoms with Gasteiger partial charge in [-0.1, -0.05) is 0 Å². The summed E-state index contributed by atoms with van der Waals surface area (Å²) in [5.41, 5.74) is 16.2. The van der Waals surface area contributed by atoms with Gasteiger partial charge in [-0.05, 0) is 48.5 Å². The minimum absolute atomic E-state index is 0.294. The van der Waals surface area contributed by atoms with E-state index in [2.05, 4.69) is 9.97 Å². The molecule has 4 N–H and O–H groups in total. The molecule has 0 aliphatic rings. The van der Waals surface area contributed by atoms with Crippen molar-refractivity contribution in [2.45, 2.75) is 0 Å². The Morgan fingerprint density at radius 3 is 2.50 bits per heavy atom.